The molecule has 1 rings (SSSR count). The lowest BCUT2D eigenvalue weighted by molar-refractivity contribution is 0.184. The summed E-state index contributed by atoms with van der Waals surface area (Å²) in [5, 5.41) is 9.26. The quantitative estimate of drug-likeness (QED) is 0.822. The number of rotatable bonds is 5. The monoisotopic (exact) mass is 256 g/mol. The molecule has 2 unspecified atom stereocenters. The van der Waals surface area contributed by atoms with E-state index in [0.29, 0.717) is 11.8 Å². The lowest BCUT2D eigenvalue weighted by atomic mass is 9.72. The van der Waals surface area contributed by atoms with Gasteiger partial charge in [-0.05, 0) is 32.6 Å². The van der Waals surface area contributed by atoms with Crippen molar-refractivity contribution in [3.8, 4) is 6.07 Å². The summed E-state index contributed by atoms with van der Waals surface area (Å²) in [6.07, 6.45) is 4.71. The van der Waals surface area contributed by atoms with Crippen LogP contribution in [0.2, 0.25) is 0 Å². The van der Waals surface area contributed by atoms with Gasteiger partial charge in [0.2, 0.25) is 0 Å². The molecule has 4 heteroatoms. The third kappa shape index (κ3) is 3.79. The standard InChI is InChI=1S/C13H24N2OS/c1-5-11(10-7-6-8-10)12(9-14)15-17(16)13(2,3)4/h10-12,15H,5-8H2,1-4H3/t11?,12?,17-/m0/s1. The van der Waals surface area contributed by atoms with E-state index in [-0.39, 0.29) is 10.8 Å². The van der Waals surface area contributed by atoms with Crippen molar-refractivity contribution in [3.05, 3.63) is 0 Å². The molecule has 98 valence electrons. The number of nitriles is 1. The zero-order valence-corrected chi connectivity index (χ0v) is 12.1. The van der Waals surface area contributed by atoms with Gasteiger partial charge in [-0.1, -0.05) is 32.6 Å². The topological polar surface area (TPSA) is 52.9 Å². The van der Waals surface area contributed by atoms with E-state index in [1.165, 1.54) is 19.3 Å². The predicted octanol–water partition coefficient (Wildman–Crippen LogP) is 2.76. The molecule has 0 heterocycles. The Morgan fingerprint density at radius 3 is 2.35 bits per heavy atom. The van der Waals surface area contributed by atoms with Gasteiger partial charge in [0.25, 0.3) is 0 Å². The van der Waals surface area contributed by atoms with Gasteiger partial charge in [0.05, 0.1) is 21.8 Å². The van der Waals surface area contributed by atoms with Gasteiger partial charge < -0.3 is 0 Å². The van der Waals surface area contributed by atoms with Gasteiger partial charge in [-0.15, -0.1) is 0 Å². The minimum atomic E-state index is -1.16. The van der Waals surface area contributed by atoms with Crippen molar-refractivity contribution in [2.24, 2.45) is 11.8 Å². The largest absolute Gasteiger partial charge is 0.242 e. The van der Waals surface area contributed by atoms with E-state index in [9.17, 15) is 9.47 Å². The van der Waals surface area contributed by atoms with Crippen LogP contribution in [0.1, 0.15) is 53.4 Å². The van der Waals surface area contributed by atoms with Crippen LogP contribution in [-0.2, 0) is 11.0 Å². The molecular weight excluding hydrogens is 232 g/mol. The summed E-state index contributed by atoms with van der Waals surface area (Å²) in [5.74, 6) is 0.995. The third-order valence-electron chi connectivity index (χ3n) is 3.58. The second-order valence-corrected chi connectivity index (χ2v) is 7.87. The highest BCUT2D eigenvalue weighted by Gasteiger charge is 2.34. The van der Waals surface area contributed by atoms with Crippen LogP contribution < -0.4 is 4.72 Å². The third-order valence-corrected chi connectivity index (χ3v) is 5.16. The van der Waals surface area contributed by atoms with E-state index < -0.39 is 11.0 Å². The van der Waals surface area contributed by atoms with Gasteiger partial charge >= 0.3 is 0 Å². The van der Waals surface area contributed by atoms with E-state index in [4.69, 9.17) is 0 Å². The molecule has 0 aliphatic heterocycles. The normalized spacial score (nSPS) is 22.3. The van der Waals surface area contributed by atoms with Crippen molar-refractivity contribution in [2.75, 3.05) is 0 Å². The van der Waals surface area contributed by atoms with Crippen molar-refractivity contribution in [3.63, 3.8) is 0 Å². The van der Waals surface area contributed by atoms with Gasteiger partial charge in [-0.2, -0.15) is 5.26 Å². The fourth-order valence-electron chi connectivity index (χ4n) is 2.21. The molecule has 1 N–H and O–H groups in total. The first kappa shape index (κ1) is 14.7. The van der Waals surface area contributed by atoms with Crippen LogP contribution in [0.3, 0.4) is 0 Å². The minimum absolute atomic E-state index is 0.273. The SMILES string of the molecule is CCC(C1CCC1)C(C#N)N[S@@](=O)C(C)(C)C. The van der Waals surface area contributed by atoms with Gasteiger partial charge in [0, 0.05) is 0 Å². The zero-order chi connectivity index (χ0) is 13.1. The van der Waals surface area contributed by atoms with Crippen LogP contribution in [0.15, 0.2) is 0 Å². The van der Waals surface area contributed by atoms with Crippen LogP contribution in [-0.4, -0.2) is 15.0 Å². The average Bonchev–Trinajstić information content (AvgIpc) is 2.18. The molecule has 1 aliphatic rings. The second kappa shape index (κ2) is 5.97. The molecule has 0 spiro atoms. The molecule has 0 aromatic rings. The Balaban J connectivity index is 2.64. The van der Waals surface area contributed by atoms with Crippen LogP contribution in [0, 0.1) is 23.2 Å². The number of nitrogens with zero attached hydrogens (tertiary/aromatic N) is 1. The van der Waals surface area contributed by atoms with Crippen LogP contribution >= 0.6 is 0 Å². The smallest absolute Gasteiger partial charge is 0.109 e. The maximum atomic E-state index is 12.0. The lowest BCUT2D eigenvalue weighted by Gasteiger charge is -2.36. The number of nitrogens with one attached hydrogen (secondary N) is 1. The maximum absolute atomic E-state index is 12.0. The molecule has 17 heavy (non-hydrogen) atoms. The van der Waals surface area contributed by atoms with Gasteiger partial charge in [-0.25, -0.2) is 8.93 Å². The molecule has 3 atom stereocenters. The predicted molar refractivity (Wildman–Crippen MR) is 71.6 cm³/mol. The lowest BCUT2D eigenvalue weighted by Crippen LogP contribution is -2.45. The van der Waals surface area contributed by atoms with Gasteiger partial charge in [0.1, 0.15) is 6.04 Å². The van der Waals surface area contributed by atoms with E-state index in [1.807, 2.05) is 20.8 Å². The summed E-state index contributed by atoms with van der Waals surface area (Å²) in [6, 6.07) is 2.03. The van der Waals surface area contributed by atoms with Crippen LogP contribution in [0.5, 0.6) is 0 Å². The van der Waals surface area contributed by atoms with Crippen molar-refractivity contribution in [1.29, 1.82) is 5.26 Å². The highest BCUT2D eigenvalue weighted by Crippen LogP contribution is 2.37. The Hall–Kier alpha value is -0.400. The summed E-state index contributed by atoms with van der Waals surface area (Å²) in [5.41, 5.74) is 0. The summed E-state index contributed by atoms with van der Waals surface area (Å²) >= 11 is 0. The van der Waals surface area contributed by atoms with Crippen LogP contribution in [0.25, 0.3) is 0 Å². The fraction of sp³-hybridized carbons (Fsp3) is 0.923. The van der Waals surface area contributed by atoms with Crippen LogP contribution in [0.4, 0.5) is 0 Å². The van der Waals surface area contributed by atoms with Crippen molar-refractivity contribution < 1.29 is 4.21 Å². The Morgan fingerprint density at radius 2 is 2.06 bits per heavy atom. The van der Waals surface area contributed by atoms with Crippen molar-refractivity contribution in [1.82, 2.24) is 4.72 Å². The Bertz CT molecular complexity index is 312. The fourth-order valence-corrected chi connectivity index (χ4v) is 3.02. The summed E-state index contributed by atoms with van der Waals surface area (Å²) < 4.78 is 14.7. The minimum Gasteiger partial charge on any atom is -0.242 e. The van der Waals surface area contributed by atoms with E-state index in [0.717, 1.165) is 6.42 Å². The van der Waals surface area contributed by atoms with Crippen molar-refractivity contribution >= 4 is 11.0 Å². The molecule has 0 amide bonds. The van der Waals surface area contributed by atoms with Gasteiger partial charge in [0.15, 0.2) is 0 Å². The molecule has 0 aromatic heterocycles. The first-order valence-corrected chi connectivity index (χ1v) is 7.62. The second-order valence-electron chi connectivity index (χ2n) is 5.87. The molecule has 1 saturated carbocycles. The average molecular weight is 256 g/mol. The molecule has 0 radical (unpaired) electrons. The van der Waals surface area contributed by atoms with E-state index in [2.05, 4.69) is 17.7 Å². The molecule has 0 bridgehead atoms. The van der Waals surface area contributed by atoms with Gasteiger partial charge in [-0.3, -0.25) is 0 Å². The highest BCUT2D eigenvalue weighted by atomic mass is 32.2. The highest BCUT2D eigenvalue weighted by molar-refractivity contribution is 7.84. The van der Waals surface area contributed by atoms with E-state index in [1.54, 1.807) is 0 Å². The molecule has 1 aliphatic carbocycles. The Morgan fingerprint density at radius 1 is 1.47 bits per heavy atom. The molecule has 0 saturated heterocycles. The number of hydrogen-bond acceptors (Lipinski definition) is 2. The summed E-state index contributed by atoms with van der Waals surface area (Å²) in [7, 11) is -1.16. The summed E-state index contributed by atoms with van der Waals surface area (Å²) in [4.78, 5) is 0. The maximum Gasteiger partial charge on any atom is 0.109 e. The molecule has 0 aromatic carbocycles. The van der Waals surface area contributed by atoms with Crippen molar-refractivity contribution in [2.45, 2.75) is 64.2 Å². The first-order valence-electron chi connectivity index (χ1n) is 6.47. The van der Waals surface area contributed by atoms with E-state index >= 15 is 0 Å². The molecule has 1 fully saturated rings. The molecule has 3 nitrogen and oxygen atoms in total. The number of hydrogen-bond donors (Lipinski definition) is 1. The first-order chi connectivity index (χ1) is 7.90. The molecular formula is C13H24N2OS. The Kier molecular flexibility index (Phi) is 5.15. The summed E-state index contributed by atoms with van der Waals surface area (Å²) in [6.45, 7) is 7.90. The zero-order valence-electron chi connectivity index (χ0n) is 11.3. The Labute approximate surface area is 108 Å².